The Morgan fingerprint density at radius 2 is 1.73 bits per heavy atom. The number of nitrogens with zero attached hydrogens (tertiary/aromatic N) is 2. The summed E-state index contributed by atoms with van der Waals surface area (Å²) in [5.74, 6) is -0.903. The first-order valence-corrected chi connectivity index (χ1v) is 9.90. The first-order chi connectivity index (χ1) is 14.1. The number of methoxy groups -OCH3 is 1. The van der Waals surface area contributed by atoms with E-state index in [0.29, 0.717) is 17.5 Å². The molecule has 0 radical (unpaired) electrons. The summed E-state index contributed by atoms with van der Waals surface area (Å²) in [4.78, 5) is 7.38. The highest BCUT2D eigenvalue weighted by atomic mass is 32.2. The van der Waals surface area contributed by atoms with Gasteiger partial charge in [-0.1, -0.05) is 0 Å². The fourth-order valence-corrected chi connectivity index (χ4v) is 3.58. The van der Waals surface area contributed by atoms with E-state index in [1.807, 2.05) is 0 Å². The van der Waals surface area contributed by atoms with Crippen molar-refractivity contribution in [2.75, 3.05) is 7.11 Å². The van der Waals surface area contributed by atoms with Gasteiger partial charge in [-0.25, -0.2) is 27.5 Å². The summed E-state index contributed by atoms with van der Waals surface area (Å²) >= 11 is 0. The quantitative estimate of drug-likeness (QED) is 0.589. The van der Waals surface area contributed by atoms with Gasteiger partial charge in [0.2, 0.25) is 10.0 Å². The molecule has 3 aromatic rings. The Hall–Kier alpha value is -3.05. The van der Waals surface area contributed by atoms with Crippen molar-refractivity contribution in [3.63, 3.8) is 0 Å². The van der Waals surface area contributed by atoms with Gasteiger partial charge < -0.3 is 4.74 Å². The van der Waals surface area contributed by atoms with Gasteiger partial charge in [0.05, 0.1) is 35.5 Å². The predicted octanol–water partition coefficient (Wildman–Crippen LogP) is 3.79. The third-order valence-electron chi connectivity index (χ3n) is 4.11. The molecule has 0 fully saturated rings. The Morgan fingerprint density at radius 3 is 2.37 bits per heavy atom. The van der Waals surface area contributed by atoms with Gasteiger partial charge in [0, 0.05) is 5.56 Å². The van der Waals surface area contributed by atoms with E-state index >= 15 is 0 Å². The van der Waals surface area contributed by atoms with Crippen molar-refractivity contribution in [3.05, 3.63) is 71.9 Å². The van der Waals surface area contributed by atoms with E-state index in [0.717, 1.165) is 11.6 Å². The average molecular weight is 441 g/mol. The van der Waals surface area contributed by atoms with Crippen molar-refractivity contribution in [1.82, 2.24) is 14.7 Å². The predicted molar refractivity (Wildman–Crippen MR) is 99.4 cm³/mol. The maximum atomic E-state index is 13.4. The maximum absolute atomic E-state index is 13.4. The van der Waals surface area contributed by atoms with Crippen molar-refractivity contribution in [2.24, 2.45) is 0 Å². The topological polar surface area (TPSA) is 81.2 Å². The van der Waals surface area contributed by atoms with Crippen molar-refractivity contribution in [1.29, 1.82) is 0 Å². The van der Waals surface area contributed by atoms with Gasteiger partial charge in [0.15, 0.2) is 0 Å². The molecular formula is C19H15F4N3O3S. The molecule has 0 aliphatic heterocycles. The lowest BCUT2D eigenvalue weighted by Crippen LogP contribution is -2.24. The van der Waals surface area contributed by atoms with Crippen LogP contribution >= 0.6 is 0 Å². The van der Waals surface area contributed by atoms with E-state index in [1.54, 1.807) is 24.3 Å². The Kier molecular flexibility index (Phi) is 6.04. The van der Waals surface area contributed by atoms with Crippen LogP contribution in [0.4, 0.5) is 17.6 Å². The molecule has 6 nitrogen and oxygen atoms in total. The molecule has 1 aromatic heterocycles. The number of nitrogens with one attached hydrogen (secondary N) is 1. The standard InChI is InChI=1S/C19H15F4N3O3S/c1-29-14-4-2-12(3-5-14)18-8-13(24-11-25-18)10-26-30(27,28)15-6-7-17(20)16(9-15)19(21,22)23/h2-9,11,26H,10H2,1H3. The molecule has 0 saturated carbocycles. The first kappa shape index (κ1) is 21.7. The Balaban J connectivity index is 1.79. The van der Waals surface area contributed by atoms with Crippen molar-refractivity contribution in [3.8, 4) is 17.0 Å². The fraction of sp³-hybridized carbons (Fsp3) is 0.158. The number of hydrogen-bond acceptors (Lipinski definition) is 5. The minimum absolute atomic E-state index is 0.250. The summed E-state index contributed by atoms with van der Waals surface area (Å²) < 4.78 is 83.9. The van der Waals surface area contributed by atoms with Gasteiger partial charge in [-0.2, -0.15) is 13.2 Å². The SMILES string of the molecule is COc1ccc(-c2cc(CNS(=O)(=O)c3ccc(F)c(C(F)(F)F)c3)ncn2)cc1. The van der Waals surface area contributed by atoms with Crippen LogP contribution in [0.2, 0.25) is 0 Å². The maximum Gasteiger partial charge on any atom is 0.419 e. The summed E-state index contributed by atoms with van der Waals surface area (Å²) in [5.41, 5.74) is -0.120. The van der Waals surface area contributed by atoms with Crippen LogP contribution in [0.15, 0.2) is 59.8 Å². The number of halogens is 4. The normalized spacial score (nSPS) is 12.0. The summed E-state index contributed by atoms with van der Waals surface area (Å²) in [6, 6.07) is 9.98. The largest absolute Gasteiger partial charge is 0.497 e. The highest BCUT2D eigenvalue weighted by molar-refractivity contribution is 7.89. The second-order valence-electron chi connectivity index (χ2n) is 6.09. The highest BCUT2D eigenvalue weighted by Gasteiger charge is 2.35. The van der Waals surface area contributed by atoms with Crippen molar-refractivity contribution >= 4 is 10.0 Å². The number of hydrogen-bond donors (Lipinski definition) is 1. The van der Waals surface area contributed by atoms with Gasteiger partial charge in [0.25, 0.3) is 0 Å². The van der Waals surface area contributed by atoms with Crippen LogP contribution in [0.25, 0.3) is 11.3 Å². The molecule has 11 heteroatoms. The van der Waals surface area contributed by atoms with Crippen LogP contribution < -0.4 is 9.46 Å². The number of sulfonamides is 1. The van der Waals surface area contributed by atoms with E-state index < -0.39 is 32.5 Å². The van der Waals surface area contributed by atoms with Gasteiger partial charge in [0.1, 0.15) is 17.9 Å². The smallest absolute Gasteiger partial charge is 0.419 e. The molecule has 0 bridgehead atoms. The molecule has 1 heterocycles. The monoisotopic (exact) mass is 441 g/mol. The van der Waals surface area contributed by atoms with Crippen molar-refractivity contribution < 1.29 is 30.7 Å². The van der Waals surface area contributed by atoms with E-state index in [1.165, 1.54) is 19.5 Å². The minimum atomic E-state index is -5.02. The summed E-state index contributed by atoms with van der Waals surface area (Å²) in [7, 11) is -2.81. The van der Waals surface area contributed by atoms with Crippen LogP contribution in [0.1, 0.15) is 11.3 Å². The third kappa shape index (κ3) is 4.92. The lowest BCUT2D eigenvalue weighted by Gasteiger charge is -2.11. The molecule has 1 N–H and O–H groups in total. The van der Waals surface area contributed by atoms with E-state index in [4.69, 9.17) is 4.74 Å². The molecule has 0 unspecified atom stereocenters. The number of alkyl halides is 3. The Morgan fingerprint density at radius 1 is 1.03 bits per heavy atom. The molecule has 0 aliphatic rings. The molecular weight excluding hydrogens is 426 g/mol. The second kappa shape index (κ2) is 8.36. The molecule has 30 heavy (non-hydrogen) atoms. The zero-order chi connectivity index (χ0) is 21.9. The number of ether oxygens (including phenoxy) is 1. The molecule has 0 atom stereocenters. The van der Waals surface area contributed by atoms with Gasteiger partial charge in [-0.05, 0) is 48.5 Å². The van der Waals surface area contributed by atoms with E-state index in [-0.39, 0.29) is 18.3 Å². The third-order valence-corrected chi connectivity index (χ3v) is 5.51. The van der Waals surface area contributed by atoms with Crippen LogP contribution in [0, 0.1) is 5.82 Å². The molecule has 0 amide bonds. The molecule has 0 aliphatic carbocycles. The Bertz CT molecular complexity index is 1150. The molecule has 0 spiro atoms. The Labute approximate surface area is 169 Å². The zero-order valence-electron chi connectivity index (χ0n) is 15.4. The lowest BCUT2D eigenvalue weighted by atomic mass is 10.1. The van der Waals surface area contributed by atoms with Crippen LogP contribution in [-0.4, -0.2) is 25.5 Å². The van der Waals surface area contributed by atoms with E-state index in [9.17, 15) is 26.0 Å². The molecule has 3 rings (SSSR count). The summed E-state index contributed by atoms with van der Waals surface area (Å²) in [6.07, 6.45) is -3.78. The van der Waals surface area contributed by atoms with E-state index in [2.05, 4.69) is 14.7 Å². The fourth-order valence-electron chi connectivity index (χ4n) is 2.55. The van der Waals surface area contributed by atoms with Gasteiger partial charge in [-0.3, -0.25) is 0 Å². The molecule has 2 aromatic carbocycles. The number of benzene rings is 2. The second-order valence-corrected chi connectivity index (χ2v) is 7.85. The van der Waals surface area contributed by atoms with Crippen LogP contribution in [0.5, 0.6) is 5.75 Å². The molecule has 158 valence electrons. The van der Waals surface area contributed by atoms with Crippen LogP contribution in [0.3, 0.4) is 0 Å². The average Bonchev–Trinajstić information content (AvgIpc) is 2.72. The summed E-state index contributed by atoms with van der Waals surface area (Å²) in [5, 5.41) is 0. The number of aromatic nitrogens is 2. The zero-order valence-corrected chi connectivity index (χ0v) is 16.3. The number of rotatable bonds is 6. The molecule has 0 saturated heterocycles. The highest BCUT2D eigenvalue weighted by Crippen LogP contribution is 2.32. The van der Waals surface area contributed by atoms with Crippen molar-refractivity contribution in [2.45, 2.75) is 17.6 Å². The van der Waals surface area contributed by atoms with Gasteiger partial charge in [-0.15, -0.1) is 0 Å². The summed E-state index contributed by atoms with van der Waals surface area (Å²) in [6.45, 7) is -0.299. The lowest BCUT2D eigenvalue weighted by molar-refractivity contribution is -0.140. The van der Waals surface area contributed by atoms with Gasteiger partial charge >= 0.3 is 6.18 Å². The minimum Gasteiger partial charge on any atom is -0.497 e. The van der Waals surface area contributed by atoms with Crippen LogP contribution in [-0.2, 0) is 22.7 Å². The first-order valence-electron chi connectivity index (χ1n) is 8.42.